The predicted octanol–water partition coefficient (Wildman–Crippen LogP) is 2.65. The Hall–Kier alpha value is -2.40. The van der Waals surface area contributed by atoms with Crippen molar-refractivity contribution in [3.8, 4) is 11.4 Å². The van der Waals surface area contributed by atoms with Crippen molar-refractivity contribution in [2.24, 2.45) is 5.84 Å². The molecule has 0 saturated carbocycles. The van der Waals surface area contributed by atoms with Crippen molar-refractivity contribution in [3.05, 3.63) is 48.3 Å². The molecule has 2 aromatic carbocycles. The van der Waals surface area contributed by atoms with Gasteiger partial charge in [-0.15, -0.1) is 0 Å². The molecule has 1 heterocycles. The molecule has 4 nitrogen and oxygen atoms in total. The number of H-pyrrole nitrogens is 1. The molecule has 0 atom stereocenters. The third-order valence-corrected chi connectivity index (χ3v) is 2.77. The zero-order valence-electron chi connectivity index (χ0n) is 9.44. The van der Waals surface area contributed by atoms with Crippen molar-refractivity contribution in [1.82, 2.24) is 9.97 Å². The van der Waals surface area contributed by atoms with E-state index in [0.29, 0.717) is 5.82 Å². The minimum absolute atomic E-state index is 0.260. The number of hydrogen-bond acceptors (Lipinski definition) is 3. The number of hydrazine groups is 1. The molecule has 1 aromatic heterocycles. The van der Waals surface area contributed by atoms with E-state index in [2.05, 4.69) is 15.4 Å². The van der Waals surface area contributed by atoms with Crippen LogP contribution in [0.15, 0.2) is 42.5 Å². The van der Waals surface area contributed by atoms with Crippen LogP contribution in [0.3, 0.4) is 0 Å². The van der Waals surface area contributed by atoms with Crippen LogP contribution >= 0.6 is 0 Å². The Labute approximate surface area is 103 Å². The smallest absolute Gasteiger partial charge is 0.138 e. The Kier molecular flexibility index (Phi) is 2.46. The molecule has 0 fully saturated rings. The van der Waals surface area contributed by atoms with Gasteiger partial charge in [-0.2, -0.15) is 0 Å². The van der Waals surface area contributed by atoms with E-state index >= 15 is 0 Å². The lowest BCUT2D eigenvalue weighted by Crippen LogP contribution is -2.05. The summed E-state index contributed by atoms with van der Waals surface area (Å²) < 4.78 is 12.9. The maximum absolute atomic E-state index is 12.9. The van der Waals surface area contributed by atoms with Gasteiger partial charge in [0.25, 0.3) is 0 Å². The second kappa shape index (κ2) is 4.12. The first-order valence-electron chi connectivity index (χ1n) is 5.48. The number of fused-ring (bicyclic) bond motifs is 1. The normalized spacial score (nSPS) is 10.8. The first-order chi connectivity index (χ1) is 8.76. The van der Waals surface area contributed by atoms with Crippen molar-refractivity contribution in [2.75, 3.05) is 5.43 Å². The molecule has 5 heteroatoms. The van der Waals surface area contributed by atoms with Crippen LogP contribution in [0.1, 0.15) is 0 Å². The second-order valence-electron chi connectivity index (χ2n) is 3.97. The summed E-state index contributed by atoms with van der Waals surface area (Å²) in [5.41, 5.74) is 5.94. The molecule has 0 aliphatic carbocycles. The zero-order valence-corrected chi connectivity index (χ0v) is 9.44. The van der Waals surface area contributed by atoms with Crippen LogP contribution in [0.4, 0.5) is 10.1 Å². The van der Waals surface area contributed by atoms with E-state index in [1.807, 2.05) is 18.2 Å². The van der Waals surface area contributed by atoms with Gasteiger partial charge < -0.3 is 10.4 Å². The maximum Gasteiger partial charge on any atom is 0.138 e. The molecule has 3 aromatic rings. The maximum atomic E-state index is 12.9. The van der Waals surface area contributed by atoms with E-state index in [1.54, 1.807) is 12.1 Å². The lowest BCUT2D eigenvalue weighted by Gasteiger charge is -1.97. The van der Waals surface area contributed by atoms with Crippen LogP contribution in [0.2, 0.25) is 0 Å². The van der Waals surface area contributed by atoms with Gasteiger partial charge in [0, 0.05) is 5.56 Å². The molecule has 3 rings (SSSR count). The average Bonchev–Trinajstić information content (AvgIpc) is 2.82. The number of nitrogens with two attached hydrogens (primary N) is 1. The third kappa shape index (κ3) is 1.80. The van der Waals surface area contributed by atoms with Gasteiger partial charge in [-0.05, 0) is 42.5 Å². The predicted molar refractivity (Wildman–Crippen MR) is 69.3 cm³/mol. The minimum Gasteiger partial charge on any atom is -0.338 e. The fourth-order valence-corrected chi connectivity index (χ4v) is 1.84. The van der Waals surface area contributed by atoms with Gasteiger partial charge in [-0.25, -0.2) is 9.37 Å². The molecule has 0 radical (unpaired) electrons. The highest BCUT2D eigenvalue weighted by atomic mass is 19.1. The van der Waals surface area contributed by atoms with Gasteiger partial charge in [0.15, 0.2) is 0 Å². The quantitative estimate of drug-likeness (QED) is 0.478. The fraction of sp³-hybridized carbons (Fsp3) is 0. The summed E-state index contributed by atoms with van der Waals surface area (Å²) in [6.45, 7) is 0. The van der Waals surface area contributed by atoms with Gasteiger partial charge in [0.2, 0.25) is 0 Å². The number of hydrogen-bond donors (Lipinski definition) is 3. The van der Waals surface area contributed by atoms with Crippen LogP contribution in [-0.4, -0.2) is 9.97 Å². The summed E-state index contributed by atoms with van der Waals surface area (Å²) in [5.74, 6) is 5.80. The minimum atomic E-state index is -0.260. The number of nitrogens with one attached hydrogen (secondary N) is 2. The molecule has 4 N–H and O–H groups in total. The van der Waals surface area contributed by atoms with Gasteiger partial charge in [0.1, 0.15) is 11.6 Å². The number of benzene rings is 2. The number of aromatic amines is 1. The lowest BCUT2D eigenvalue weighted by molar-refractivity contribution is 0.628. The van der Waals surface area contributed by atoms with Crippen molar-refractivity contribution in [2.45, 2.75) is 0 Å². The van der Waals surface area contributed by atoms with E-state index < -0.39 is 0 Å². The number of nitrogens with zero attached hydrogens (tertiary/aromatic N) is 1. The molecule has 0 aliphatic heterocycles. The Morgan fingerprint density at radius 2 is 1.89 bits per heavy atom. The average molecular weight is 242 g/mol. The van der Waals surface area contributed by atoms with Gasteiger partial charge in [0.05, 0.1) is 16.7 Å². The summed E-state index contributed by atoms with van der Waals surface area (Å²) >= 11 is 0. The van der Waals surface area contributed by atoms with Crippen LogP contribution < -0.4 is 11.3 Å². The van der Waals surface area contributed by atoms with E-state index in [0.717, 1.165) is 22.3 Å². The van der Waals surface area contributed by atoms with Crippen molar-refractivity contribution in [1.29, 1.82) is 0 Å². The summed E-state index contributed by atoms with van der Waals surface area (Å²) in [7, 11) is 0. The highest BCUT2D eigenvalue weighted by Crippen LogP contribution is 2.22. The lowest BCUT2D eigenvalue weighted by atomic mass is 10.2. The molecule has 0 bridgehead atoms. The first kappa shape index (κ1) is 10.7. The molecular formula is C13H11FN4. The fourth-order valence-electron chi connectivity index (χ4n) is 1.84. The topological polar surface area (TPSA) is 66.7 Å². The summed E-state index contributed by atoms with van der Waals surface area (Å²) in [6, 6.07) is 11.8. The van der Waals surface area contributed by atoms with Crippen molar-refractivity contribution >= 4 is 16.7 Å². The summed E-state index contributed by atoms with van der Waals surface area (Å²) in [6.07, 6.45) is 0. The van der Waals surface area contributed by atoms with Crippen molar-refractivity contribution in [3.63, 3.8) is 0 Å². The standard InChI is InChI=1S/C13H11FN4/c14-9-3-1-8(2-4-9)13-16-11-6-5-10(18-15)7-12(11)17-13/h1-7,18H,15H2,(H,16,17). The first-order valence-corrected chi connectivity index (χ1v) is 5.48. The highest BCUT2D eigenvalue weighted by Gasteiger charge is 2.05. The Morgan fingerprint density at radius 3 is 2.61 bits per heavy atom. The Balaban J connectivity index is 2.10. The second-order valence-corrected chi connectivity index (χ2v) is 3.97. The Bertz CT molecular complexity index is 688. The van der Waals surface area contributed by atoms with Crippen LogP contribution in [0, 0.1) is 5.82 Å². The molecule has 0 amide bonds. The van der Waals surface area contributed by atoms with Crippen LogP contribution in [0.5, 0.6) is 0 Å². The molecule has 0 spiro atoms. The van der Waals surface area contributed by atoms with Gasteiger partial charge in [-0.3, -0.25) is 5.84 Å². The summed E-state index contributed by atoms with van der Waals surface area (Å²) in [5, 5.41) is 0. The zero-order chi connectivity index (χ0) is 12.5. The number of halogens is 1. The van der Waals surface area contributed by atoms with E-state index in [9.17, 15) is 4.39 Å². The molecule has 0 saturated heterocycles. The number of imidazole rings is 1. The van der Waals surface area contributed by atoms with Gasteiger partial charge in [-0.1, -0.05) is 0 Å². The summed E-state index contributed by atoms with van der Waals surface area (Å²) in [4.78, 5) is 7.62. The largest absolute Gasteiger partial charge is 0.338 e. The molecule has 18 heavy (non-hydrogen) atoms. The van der Waals surface area contributed by atoms with E-state index in [-0.39, 0.29) is 5.82 Å². The van der Waals surface area contributed by atoms with E-state index in [1.165, 1.54) is 12.1 Å². The molecular weight excluding hydrogens is 231 g/mol. The van der Waals surface area contributed by atoms with Crippen LogP contribution in [0.25, 0.3) is 22.4 Å². The number of nitrogen functional groups attached to an aromatic ring is 1. The van der Waals surface area contributed by atoms with Crippen molar-refractivity contribution < 1.29 is 4.39 Å². The van der Waals surface area contributed by atoms with Crippen LogP contribution in [-0.2, 0) is 0 Å². The highest BCUT2D eigenvalue weighted by molar-refractivity contribution is 5.82. The Morgan fingerprint density at radius 1 is 1.11 bits per heavy atom. The number of anilines is 1. The van der Waals surface area contributed by atoms with E-state index in [4.69, 9.17) is 5.84 Å². The number of aromatic nitrogens is 2. The molecule has 90 valence electrons. The SMILES string of the molecule is NNc1ccc2nc(-c3ccc(F)cc3)[nH]c2c1. The van der Waals surface area contributed by atoms with Gasteiger partial charge >= 0.3 is 0 Å². The molecule has 0 unspecified atom stereocenters. The monoisotopic (exact) mass is 242 g/mol. The number of rotatable bonds is 2. The third-order valence-electron chi connectivity index (χ3n) is 2.77. The molecule has 0 aliphatic rings.